The van der Waals surface area contributed by atoms with Crippen molar-refractivity contribution in [3.63, 3.8) is 0 Å². The van der Waals surface area contributed by atoms with E-state index in [9.17, 15) is 5.11 Å². The van der Waals surface area contributed by atoms with E-state index in [-0.39, 0.29) is 6.61 Å². The lowest BCUT2D eigenvalue weighted by Gasteiger charge is -2.23. The zero-order valence-corrected chi connectivity index (χ0v) is 13.1. The van der Waals surface area contributed by atoms with Crippen LogP contribution in [0, 0.1) is 0 Å². The van der Waals surface area contributed by atoms with Crippen molar-refractivity contribution >= 4 is 16.6 Å². The first kappa shape index (κ1) is 15.3. The first-order valence-electron chi connectivity index (χ1n) is 7.65. The van der Waals surface area contributed by atoms with Crippen LogP contribution in [0.15, 0.2) is 66.9 Å². The van der Waals surface area contributed by atoms with Crippen molar-refractivity contribution in [1.82, 2.24) is 4.98 Å². The highest BCUT2D eigenvalue weighted by molar-refractivity contribution is 5.84. The van der Waals surface area contributed by atoms with Crippen molar-refractivity contribution in [2.45, 2.75) is 6.10 Å². The fourth-order valence-corrected chi connectivity index (χ4v) is 2.54. The molecule has 0 aliphatic rings. The highest BCUT2D eigenvalue weighted by Crippen LogP contribution is 2.23. The van der Waals surface area contributed by atoms with Gasteiger partial charge in [0, 0.05) is 30.9 Å². The molecular weight excluding hydrogens is 288 g/mol. The number of hydrogen-bond donors (Lipinski definition) is 1. The van der Waals surface area contributed by atoms with Gasteiger partial charge in [0.15, 0.2) is 0 Å². The van der Waals surface area contributed by atoms with E-state index in [1.54, 1.807) is 6.20 Å². The molecule has 0 aliphatic heterocycles. The van der Waals surface area contributed by atoms with Gasteiger partial charge >= 0.3 is 0 Å². The first-order valence-corrected chi connectivity index (χ1v) is 7.65. The first-order chi connectivity index (χ1) is 11.2. The number of aliphatic hydroxyl groups is 1. The Hall–Kier alpha value is -2.59. The van der Waals surface area contributed by atoms with Crippen LogP contribution in [0.5, 0.6) is 5.75 Å². The molecule has 2 aromatic carbocycles. The molecule has 3 aromatic rings. The fourth-order valence-electron chi connectivity index (χ4n) is 2.54. The third-order valence-corrected chi connectivity index (χ3v) is 3.71. The maximum atomic E-state index is 10.2. The second kappa shape index (κ2) is 7.11. The maximum Gasteiger partial charge on any atom is 0.145 e. The average Bonchev–Trinajstić information content (AvgIpc) is 2.60. The summed E-state index contributed by atoms with van der Waals surface area (Å²) in [4.78, 5) is 6.36. The summed E-state index contributed by atoms with van der Waals surface area (Å²) in [6, 6.07) is 19.7. The van der Waals surface area contributed by atoms with E-state index < -0.39 is 6.10 Å². The number of fused-ring (bicyclic) bond motifs is 1. The molecule has 1 atom stereocenters. The molecule has 4 nitrogen and oxygen atoms in total. The quantitative estimate of drug-likeness (QED) is 0.760. The Bertz CT molecular complexity index is 756. The SMILES string of the molecule is CN(CC(O)COc1cccc2cccnc12)c1ccccc1. The summed E-state index contributed by atoms with van der Waals surface area (Å²) in [5.41, 5.74) is 1.89. The van der Waals surface area contributed by atoms with Gasteiger partial charge in [-0.15, -0.1) is 0 Å². The molecule has 1 N–H and O–H groups in total. The predicted octanol–water partition coefficient (Wildman–Crippen LogP) is 3.11. The third kappa shape index (κ3) is 3.79. The molecule has 1 aromatic heterocycles. The molecule has 4 heteroatoms. The zero-order chi connectivity index (χ0) is 16.1. The topological polar surface area (TPSA) is 45.6 Å². The van der Waals surface area contributed by atoms with E-state index >= 15 is 0 Å². The Balaban J connectivity index is 1.61. The van der Waals surface area contributed by atoms with Gasteiger partial charge in [-0.2, -0.15) is 0 Å². The second-order valence-electron chi connectivity index (χ2n) is 5.51. The van der Waals surface area contributed by atoms with Gasteiger partial charge in [-0.1, -0.05) is 36.4 Å². The summed E-state index contributed by atoms with van der Waals surface area (Å²) in [7, 11) is 1.96. The van der Waals surface area contributed by atoms with Crippen LogP contribution in [-0.2, 0) is 0 Å². The minimum atomic E-state index is -0.584. The molecule has 0 aliphatic carbocycles. The smallest absolute Gasteiger partial charge is 0.145 e. The lowest BCUT2D eigenvalue weighted by atomic mass is 10.2. The number of aromatic nitrogens is 1. The number of nitrogens with zero attached hydrogens (tertiary/aromatic N) is 2. The molecule has 0 bridgehead atoms. The molecule has 0 radical (unpaired) electrons. The molecule has 0 amide bonds. The number of ether oxygens (including phenoxy) is 1. The predicted molar refractivity (Wildman–Crippen MR) is 93.0 cm³/mol. The van der Waals surface area contributed by atoms with Crippen molar-refractivity contribution < 1.29 is 9.84 Å². The Morgan fingerprint density at radius 1 is 1.04 bits per heavy atom. The number of pyridine rings is 1. The lowest BCUT2D eigenvalue weighted by molar-refractivity contribution is 0.114. The Labute approximate surface area is 136 Å². The van der Waals surface area contributed by atoms with Crippen molar-refractivity contribution in [1.29, 1.82) is 0 Å². The van der Waals surface area contributed by atoms with Crippen LogP contribution in [0.4, 0.5) is 5.69 Å². The summed E-state index contributed by atoms with van der Waals surface area (Å²) < 4.78 is 5.78. The van der Waals surface area contributed by atoms with Crippen LogP contribution >= 0.6 is 0 Å². The number of anilines is 1. The number of para-hydroxylation sites is 2. The van der Waals surface area contributed by atoms with Gasteiger partial charge in [-0.3, -0.25) is 4.98 Å². The molecule has 0 fully saturated rings. The lowest BCUT2D eigenvalue weighted by Crippen LogP contribution is -2.33. The van der Waals surface area contributed by atoms with E-state index in [0.29, 0.717) is 12.3 Å². The van der Waals surface area contributed by atoms with Crippen molar-refractivity contribution in [3.8, 4) is 5.75 Å². The van der Waals surface area contributed by atoms with Crippen molar-refractivity contribution in [2.24, 2.45) is 0 Å². The van der Waals surface area contributed by atoms with Gasteiger partial charge in [0.05, 0.1) is 0 Å². The molecule has 0 saturated heterocycles. The average molecular weight is 308 g/mol. The molecule has 118 valence electrons. The monoisotopic (exact) mass is 308 g/mol. The summed E-state index contributed by atoms with van der Waals surface area (Å²) in [5.74, 6) is 0.699. The number of hydrogen-bond acceptors (Lipinski definition) is 4. The number of rotatable bonds is 6. The van der Waals surface area contributed by atoms with Gasteiger partial charge in [-0.05, 0) is 24.3 Å². The van der Waals surface area contributed by atoms with Crippen LogP contribution < -0.4 is 9.64 Å². The number of aliphatic hydroxyl groups excluding tert-OH is 1. The van der Waals surface area contributed by atoms with E-state index in [2.05, 4.69) is 4.98 Å². The minimum Gasteiger partial charge on any atom is -0.489 e. The van der Waals surface area contributed by atoms with Crippen molar-refractivity contribution in [3.05, 3.63) is 66.9 Å². The van der Waals surface area contributed by atoms with Gasteiger partial charge < -0.3 is 14.7 Å². The van der Waals surface area contributed by atoms with Crippen molar-refractivity contribution in [2.75, 3.05) is 25.1 Å². The van der Waals surface area contributed by atoms with Crippen LogP contribution in [0.2, 0.25) is 0 Å². The highest BCUT2D eigenvalue weighted by atomic mass is 16.5. The van der Waals surface area contributed by atoms with Gasteiger partial charge in [0.1, 0.15) is 24.0 Å². The Morgan fingerprint density at radius 3 is 2.65 bits per heavy atom. The molecule has 0 spiro atoms. The number of benzene rings is 2. The van der Waals surface area contributed by atoms with Gasteiger partial charge in [0.25, 0.3) is 0 Å². The van der Waals surface area contributed by atoms with E-state index in [4.69, 9.17) is 4.74 Å². The highest BCUT2D eigenvalue weighted by Gasteiger charge is 2.11. The van der Waals surface area contributed by atoms with Crippen LogP contribution in [-0.4, -0.2) is 36.4 Å². The summed E-state index contributed by atoms with van der Waals surface area (Å²) in [6.45, 7) is 0.731. The molecule has 1 heterocycles. The molecule has 23 heavy (non-hydrogen) atoms. The van der Waals surface area contributed by atoms with Crippen LogP contribution in [0.3, 0.4) is 0 Å². The van der Waals surface area contributed by atoms with E-state index in [1.165, 1.54) is 0 Å². The normalized spacial score (nSPS) is 12.1. The van der Waals surface area contributed by atoms with Gasteiger partial charge in [-0.25, -0.2) is 0 Å². The summed E-state index contributed by atoms with van der Waals surface area (Å²) in [6.07, 6.45) is 1.16. The van der Waals surface area contributed by atoms with Crippen LogP contribution in [0.25, 0.3) is 10.9 Å². The molecular formula is C19H20N2O2. The number of likely N-dealkylation sites (N-methyl/N-ethyl adjacent to an activating group) is 1. The second-order valence-corrected chi connectivity index (χ2v) is 5.51. The van der Waals surface area contributed by atoms with E-state index in [1.807, 2.05) is 72.6 Å². The molecule has 0 saturated carbocycles. The standard InChI is InChI=1S/C19H20N2O2/c1-21(16-9-3-2-4-10-16)13-17(22)14-23-18-11-5-7-15-8-6-12-20-19(15)18/h2-12,17,22H,13-14H2,1H3. The Kier molecular flexibility index (Phi) is 4.74. The molecule has 1 unspecified atom stereocenters. The third-order valence-electron chi connectivity index (χ3n) is 3.71. The van der Waals surface area contributed by atoms with Crippen LogP contribution in [0.1, 0.15) is 0 Å². The Morgan fingerprint density at radius 2 is 1.83 bits per heavy atom. The largest absolute Gasteiger partial charge is 0.489 e. The maximum absolute atomic E-state index is 10.2. The molecule has 3 rings (SSSR count). The van der Waals surface area contributed by atoms with Gasteiger partial charge in [0.2, 0.25) is 0 Å². The fraction of sp³-hybridized carbons (Fsp3) is 0.211. The zero-order valence-electron chi connectivity index (χ0n) is 13.1. The van der Waals surface area contributed by atoms with E-state index in [0.717, 1.165) is 16.6 Å². The summed E-state index contributed by atoms with van der Waals surface area (Å²) >= 11 is 0. The summed E-state index contributed by atoms with van der Waals surface area (Å²) in [5, 5.41) is 11.3. The minimum absolute atomic E-state index is 0.229.